The molecule has 2 saturated carbocycles. The molecule has 2 rings (SSSR count). The number of nitrogens with zero attached hydrogens (tertiary/aromatic N) is 2. The Labute approximate surface area is 114 Å². The van der Waals surface area contributed by atoms with E-state index in [9.17, 15) is 15.2 Å². The number of nitrogens with one attached hydrogen (secondary N) is 1. The van der Waals surface area contributed by atoms with E-state index in [0.717, 1.165) is 38.5 Å². The highest BCUT2D eigenvalue weighted by Gasteiger charge is 2.36. The Kier molecular flexibility index (Phi) is 4.43. The number of rotatable bonds is 6. The predicted molar refractivity (Wildman–Crippen MR) is 71.2 cm³/mol. The molecule has 2 aliphatic rings. The maximum absolute atomic E-state index is 12.0. The third-order valence-corrected chi connectivity index (χ3v) is 4.13. The van der Waals surface area contributed by atoms with Crippen molar-refractivity contribution in [2.45, 2.75) is 50.2 Å². The molecule has 5 heteroatoms. The Bertz CT molecular complexity index is 367. The van der Waals surface area contributed by atoms with Crippen LogP contribution in [0.25, 0.3) is 0 Å². The van der Waals surface area contributed by atoms with E-state index < -0.39 is 5.54 Å². The molecule has 0 aromatic heterocycles. The minimum absolute atomic E-state index is 0.117. The van der Waals surface area contributed by atoms with E-state index in [4.69, 9.17) is 0 Å². The second kappa shape index (κ2) is 5.89. The molecular weight excluding hydrogens is 242 g/mol. The van der Waals surface area contributed by atoms with Gasteiger partial charge in [-0.15, -0.1) is 0 Å². The van der Waals surface area contributed by atoms with Crippen LogP contribution in [0.15, 0.2) is 0 Å². The maximum Gasteiger partial charge on any atom is 0.235 e. The van der Waals surface area contributed by atoms with Crippen LogP contribution in [-0.4, -0.2) is 47.7 Å². The zero-order valence-corrected chi connectivity index (χ0v) is 11.6. The molecule has 0 spiro atoms. The Balaban J connectivity index is 1.75. The van der Waals surface area contributed by atoms with E-state index in [1.165, 1.54) is 0 Å². The fourth-order valence-electron chi connectivity index (χ4n) is 2.81. The minimum atomic E-state index is -0.646. The Morgan fingerprint density at radius 2 is 2.16 bits per heavy atom. The number of aliphatic hydroxyl groups excluding tert-OH is 1. The van der Waals surface area contributed by atoms with Gasteiger partial charge in [-0.05, 0) is 51.5 Å². The number of nitriles is 1. The fraction of sp³-hybridized carbons (Fsp3) is 0.857. The summed E-state index contributed by atoms with van der Waals surface area (Å²) in [5, 5.41) is 21.9. The lowest BCUT2D eigenvalue weighted by atomic mass is 10.00. The average Bonchev–Trinajstić information content (AvgIpc) is 3.11. The zero-order valence-electron chi connectivity index (χ0n) is 11.6. The number of likely N-dealkylation sites (N-methyl/N-ethyl adjacent to an activating group) is 1. The molecule has 106 valence electrons. The van der Waals surface area contributed by atoms with Gasteiger partial charge < -0.3 is 10.4 Å². The van der Waals surface area contributed by atoms with Gasteiger partial charge in [0.25, 0.3) is 0 Å². The van der Waals surface area contributed by atoms with Crippen molar-refractivity contribution in [3.05, 3.63) is 0 Å². The second-order valence-electron chi connectivity index (χ2n) is 6.05. The first kappa shape index (κ1) is 14.3. The summed E-state index contributed by atoms with van der Waals surface area (Å²) >= 11 is 0. The summed E-state index contributed by atoms with van der Waals surface area (Å²) in [5.41, 5.74) is -0.646. The highest BCUT2D eigenvalue weighted by atomic mass is 16.3. The largest absolute Gasteiger partial charge is 0.392 e. The van der Waals surface area contributed by atoms with Crippen molar-refractivity contribution >= 4 is 5.91 Å². The van der Waals surface area contributed by atoms with E-state index in [1.54, 1.807) is 0 Å². The number of amides is 1. The van der Waals surface area contributed by atoms with Crippen LogP contribution >= 0.6 is 0 Å². The van der Waals surface area contributed by atoms with Crippen LogP contribution in [0.1, 0.15) is 38.5 Å². The molecule has 0 aliphatic heterocycles. The third kappa shape index (κ3) is 3.92. The van der Waals surface area contributed by atoms with Crippen molar-refractivity contribution in [3.8, 4) is 6.07 Å². The van der Waals surface area contributed by atoms with Crippen LogP contribution in [0.3, 0.4) is 0 Å². The summed E-state index contributed by atoms with van der Waals surface area (Å²) in [4.78, 5) is 13.8. The van der Waals surface area contributed by atoms with E-state index in [-0.39, 0.29) is 18.6 Å². The van der Waals surface area contributed by atoms with Crippen LogP contribution < -0.4 is 5.32 Å². The van der Waals surface area contributed by atoms with Gasteiger partial charge >= 0.3 is 0 Å². The van der Waals surface area contributed by atoms with Gasteiger partial charge in [-0.25, -0.2) is 0 Å². The Morgan fingerprint density at radius 1 is 1.53 bits per heavy atom. The number of hydrogen-bond acceptors (Lipinski definition) is 4. The van der Waals surface area contributed by atoms with Crippen molar-refractivity contribution in [1.82, 2.24) is 10.2 Å². The Morgan fingerprint density at radius 3 is 2.68 bits per heavy atom. The zero-order chi connectivity index (χ0) is 13.9. The quantitative estimate of drug-likeness (QED) is 0.739. The molecule has 1 unspecified atom stereocenters. The smallest absolute Gasteiger partial charge is 0.235 e. The van der Waals surface area contributed by atoms with Gasteiger partial charge in [0.2, 0.25) is 5.91 Å². The standard InChI is InChI=1S/C14H23N3O2/c1-17(8-12(18)11-4-5-11)9-13(19)16-14(10-15)6-2-3-7-14/h11-12,18H,2-9H2,1H3,(H,16,19). The molecule has 0 radical (unpaired) electrons. The maximum atomic E-state index is 12.0. The molecule has 2 aliphatic carbocycles. The first-order valence-corrected chi connectivity index (χ1v) is 7.13. The first-order chi connectivity index (χ1) is 9.04. The van der Waals surface area contributed by atoms with Gasteiger partial charge in [0.1, 0.15) is 5.54 Å². The van der Waals surface area contributed by atoms with E-state index >= 15 is 0 Å². The molecule has 1 amide bonds. The molecule has 5 nitrogen and oxygen atoms in total. The molecule has 2 fully saturated rings. The van der Waals surface area contributed by atoms with Crippen molar-refractivity contribution in [1.29, 1.82) is 5.26 Å². The molecule has 0 heterocycles. The summed E-state index contributed by atoms with van der Waals surface area (Å²) in [5.74, 6) is 0.305. The first-order valence-electron chi connectivity index (χ1n) is 7.13. The van der Waals surface area contributed by atoms with Crippen molar-refractivity contribution in [2.24, 2.45) is 5.92 Å². The van der Waals surface area contributed by atoms with Gasteiger partial charge in [-0.2, -0.15) is 5.26 Å². The van der Waals surface area contributed by atoms with Crippen LogP contribution in [0.2, 0.25) is 0 Å². The monoisotopic (exact) mass is 265 g/mol. The van der Waals surface area contributed by atoms with E-state index in [2.05, 4.69) is 11.4 Å². The van der Waals surface area contributed by atoms with Crippen LogP contribution in [0.4, 0.5) is 0 Å². The number of carbonyl (C=O) groups excluding carboxylic acids is 1. The van der Waals surface area contributed by atoms with Gasteiger partial charge in [-0.3, -0.25) is 9.69 Å². The molecule has 0 aromatic carbocycles. The fourth-order valence-corrected chi connectivity index (χ4v) is 2.81. The lowest BCUT2D eigenvalue weighted by Gasteiger charge is -2.25. The lowest BCUT2D eigenvalue weighted by molar-refractivity contribution is -0.123. The van der Waals surface area contributed by atoms with Crippen LogP contribution in [-0.2, 0) is 4.79 Å². The summed E-state index contributed by atoms with van der Waals surface area (Å²) in [6.07, 6.45) is 5.38. The molecule has 0 bridgehead atoms. The molecule has 2 N–H and O–H groups in total. The average molecular weight is 265 g/mol. The summed E-state index contributed by atoms with van der Waals surface area (Å²) in [6, 6.07) is 2.25. The highest BCUT2D eigenvalue weighted by molar-refractivity contribution is 5.79. The van der Waals surface area contributed by atoms with E-state index in [0.29, 0.717) is 12.5 Å². The molecule has 0 aromatic rings. The normalized spacial score (nSPS) is 23.1. The topological polar surface area (TPSA) is 76.4 Å². The lowest BCUT2D eigenvalue weighted by Crippen LogP contribution is -2.49. The summed E-state index contributed by atoms with van der Waals surface area (Å²) in [6.45, 7) is 0.769. The molecule has 19 heavy (non-hydrogen) atoms. The van der Waals surface area contributed by atoms with Crippen molar-refractivity contribution < 1.29 is 9.90 Å². The summed E-state index contributed by atoms with van der Waals surface area (Å²) < 4.78 is 0. The highest BCUT2D eigenvalue weighted by Crippen LogP contribution is 2.32. The Hall–Kier alpha value is -1.12. The molecule has 1 atom stereocenters. The predicted octanol–water partition coefficient (Wildman–Crippen LogP) is 0.642. The number of carbonyl (C=O) groups is 1. The van der Waals surface area contributed by atoms with Crippen LogP contribution in [0.5, 0.6) is 0 Å². The van der Waals surface area contributed by atoms with E-state index in [1.807, 2.05) is 11.9 Å². The molecular formula is C14H23N3O2. The number of aliphatic hydroxyl groups is 1. The summed E-state index contributed by atoms with van der Waals surface area (Å²) in [7, 11) is 1.83. The minimum Gasteiger partial charge on any atom is -0.392 e. The van der Waals surface area contributed by atoms with Crippen molar-refractivity contribution in [2.75, 3.05) is 20.1 Å². The van der Waals surface area contributed by atoms with Gasteiger partial charge in [0.15, 0.2) is 0 Å². The second-order valence-corrected chi connectivity index (χ2v) is 6.05. The van der Waals surface area contributed by atoms with Gasteiger partial charge in [0.05, 0.1) is 18.7 Å². The third-order valence-electron chi connectivity index (χ3n) is 4.13. The van der Waals surface area contributed by atoms with Crippen molar-refractivity contribution in [3.63, 3.8) is 0 Å². The van der Waals surface area contributed by atoms with Crippen LogP contribution in [0, 0.1) is 17.2 Å². The molecule has 0 saturated heterocycles. The van der Waals surface area contributed by atoms with Gasteiger partial charge in [0, 0.05) is 6.54 Å². The number of hydrogen-bond donors (Lipinski definition) is 2. The van der Waals surface area contributed by atoms with Gasteiger partial charge in [-0.1, -0.05) is 0 Å². The SMILES string of the molecule is CN(CC(=O)NC1(C#N)CCCC1)CC(O)C1CC1.